The van der Waals surface area contributed by atoms with Crippen LogP contribution < -0.4 is 0 Å². The predicted octanol–water partition coefficient (Wildman–Crippen LogP) is 2.30. The topological polar surface area (TPSA) is 59.5 Å². The van der Waals surface area contributed by atoms with Gasteiger partial charge in [-0.1, -0.05) is 23.7 Å². The largest absolute Gasteiger partial charge is 0.328 e. The predicted molar refractivity (Wildman–Crippen MR) is 98.1 cm³/mol. The minimum absolute atomic E-state index is 0.190. The maximum Gasteiger partial charge on any atom is 0.328 e. The maximum atomic E-state index is 13.2. The molecule has 0 N–H and O–H groups in total. The van der Waals surface area contributed by atoms with Crippen LogP contribution in [0.25, 0.3) is 0 Å². The summed E-state index contributed by atoms with van der Waals surface area (Å²) in [5.74, 6) is 0.497. The molecule has 0 aromatic heterocycles. The number of hydrogen-bond donors (Lipinski definition) is 0. The van der Waals surface area contributed by atoms with Crippen molar-refractivity contribution < 1.29 is 9.59 Å². The van der Waals surface area contributed by atoms with E-state index < -0.39 is 12.2 Å². The maximum absolute atomic E-state index is 13.2. The van der Waals surface area contributed by atoms with E-state index in [-0.39, 0.29) is 18.5 Å². The van der Waals surface area contributed by atoms with Crippen LogP contribution in [0.1, 0.15) is 19.4 Å². The zero-order valence-electron chi connectivity index (χ0n) is 14.9. The molecular formula is C18H20ClN5O2. The monoisotopic (exact) mass is 373 g/mol. The third-order valence-corrected chi connectivity index (χ3v) is 5.28. The number of imide groups is 1. The lowest BCUT2D eigenvalue weighted by molar-refractivity contribution is -0.137. The first kappa shape index (κ1) is 16.9. The first-order chi connectivity index (χ1) is 12.4. The Balaban J connectivity index is 1.66. The Kier molecular flexibility index (Phi) is 3.91. The molecule has 136 valence electrons. The van der Waals surface area contributed by atoms with Crippen molar-refractivity contribution in [3.05, 3.63) is 46.7 Å². The number of carbonyl (C=O) groups excluding carboxylic acids is 2. The summed E-state index contributed by atoms with van der Waals surface area (Å²) in [4.78, 5) is 37.4. The molecule has 1 saturated heterocycles. The van der Waals surface area contributed by atoms with Crippen LogP contribution in [0.15, 0.2) is 41.2 Å². The summed E-state index contributed by atoms with van der Waals surface area (Å²) >= 11 is 6.04. The highest BCUT2D eigenvalue weighted by molar-refractivity contribution is 6.30. The molecule has 0 radical (unpaired) electrons. The van der Waals surface area contributed by atoms with Crippen molar-refractivity contribution in [1.82, 2.24) is 19.6 Å². The number of likely N-dealkylation sites (N-methyl/N-ethyl adjacent to an activating group) is 1. The Labute approximate surface area is 157 Å². The van der Waals surface area contributed by atoms with Crippen LogP contribution >= 0.6 is 11.6 Å². The quantitative estimate of drug-likeness (QED) is 0.815. The van der Waals surface area contributed by atoms with E-state index in [0.717, 1.165) is 23.8 Å². The van der Waals surface area contributed by atoms with E-state index in [1.807, 2.05) is 42.0 Å². The van der Waals surface area contributed by atoms with E-state index in [2.05, 4.69) is 4.99 Å². The normalized spacial score (nSPS) is 24.8. The van der Waals surface area contributed by atoms with Crippen LogP contribution in [-0.4, -0.2) is 63.3 Å². The molecule has 0 saturated carbocycles. The smallest absolute Gasteiger partial charge is 0.315 e. The molecule has 0 bridgehead atoms. The summed E-state index contributed by atoms with van der Waals surface area (Å²) in [5, 5.41) is 0.578. The first-order valence-electron chi connectivity index (χ1n) is 8.57. The Morgan fingerprint density at radius 3 is 2.69 bits per heavy atom. The van der Waals surface area contributed by atoms with Gasteiger partial charge in [-0.25, -0.2) is 9.79 Å². The Bertz CT molecular complexity index is 852. The number of urea groups is 1. The van der Waals surface area contributed by atoms with Crippen LogP contribution in [0.4, 0.5) is 4.79 Å². The van der Waals surface area contributed by atoms with E-state index in [4.69, 9.17) is 11.6 Å². The van der Waals surface area contributed by atoms with Gasteiger partial charge in [-0.3, -0.25) is 9.69 Å². The van der Waals surface area contributed by atoms with Gasteiger partial charge in [0.15, 0.2) is 12.2 Å². The van der Waals surface area contributed by atoms with Crippen molar-refractivity contribution >= 4 is 29.5 Å². The van der Waals surface area contributed by atoms with Gasteiger partial charge in [0.05, 0.1) is 6.54 Å². The molecule has 0 aliphatic carbocycles. The summed E-state index contributed by atoms with van der Waals surface area (Å²) in [7, 11) is 1.69. The van der Waals surface area contributed by atoms with Crippen molar-refractivity contribution in [2.24, 2.45) is 4.99 Å². The molecule has 2 unspecified atom stereocenters. The van der Waals surface area contributed by atoms with Crippen LogP contribution in [0.5, 0.6) is 0 Å². The number of allylic oxidation sites excluding steroid dienone is 1. The summed E-state index contributed by atoms with van der Waals surface area (Å²) in [5.41, 5.74) is 1.85. The average Bonchev–Trinajstić information content (AvgIpc) is 3.11. The van der Waals surface area contributed by atoms with Crippen molar-refractivity contribution in [3.8, 4) is 0 Å². The molecule has 1 aromatic carbocycles. The van der Waals surface area contributed by atoms with Gasteiger partial charge < -0.3 is 14.7 Å². The molecule has 2 atom stereocenters. The Hall–Kier alpha value is -2.54. The highest BCUT2D eigenvalue weighted by atomic mass is 35.5. The van der Waals surface area contributed by atoms with Crippen LogP contribution in [0.3, 0.4) is 0 Å². The fourth-order valence-electron chi connectivity index (χ4n) is 3.76. The second-order valence-electron chi connectivity index (χ2n) is 6.66. The number of fused-ring (bicyclic) bond motifs is 3. The third kappa shape index (κ3) is 2.38. The number of halogens is 1. The van der Waals surface area contributed by atoms with E-state index in [1.54, 1.807) is 24.1 Å². The molecule has 3 aliphatic heterocycles. The molecule has 3 heterocycles. The molecule has 3 aliphatic rings. The van der Waals surface area contributed by atoms with Crippen molar-refractivity contribution in [1.29, 1.82) is 0 Å². The first-order valence-corrected chi connectivity index (χ1v) is 8.95. The van der Waals surface area contributed by atoms with Gasteiger partial charge in [-0.15, -0.1) is 0 Å². The van der Waals surface area contributed by atoms with Crippen LogP contribution in [0, 0.1) is 0 Å². The minimum atomic E-state index is -0.529. The van der Waals surface area contributed by atoms with E-state index in [9.17, 15) is 9.59 Å². The highest BCUT2D eigenvalue weighted by Crippen LogP contribution is 2.34. The summed E-state index contributed by atoms with van der Waals surface area (Å²) in [6, 6.07) is 6.33. The lowest BCUT2D eigenvalue weighted by Crippen LogP contribution is -2.63. The number of benzene rings is 1. The van der Waals surface area contributed by atoms with Crippen LogP contribution in [-0.2, 0) is 11.3 Å². The number of rotatable bonds is 3. The fraction of sp³-hybridized carbons (Fsp3) is 0.389. The fourth-order valence-corrected chi connectivity index (χ4v) is 3.97. The van der Waals surface area contributed by atoms with Crippen molar-refractivity contribution in [2.45, 2.75) is 32.6 Å². The zero-order valence-corrected chi connectivity index (χ0v) is 15.6. The summed E-state index contributed by atoms with van der Waals surface area (Å²) in [6.07, 6.45) is 1.44. The zero-order chi connectivity index (χ0) is 18.6. The summed E-state index contributed by atoms with van der Waals surface area (Å²) < 4.78 is 0. The molecule has 7 nitrogen and oxygen atoms in total. The van der Waals surface area contributed by atoms with Gasteiger partial charge in [0.25, 0.3) is 5.91 Å². The number of aliphatic imine (C=N–C) groups is 1. The molecular weight excluding hydrogens is 354 g/mol. The van der Waals surface area contributed by atoms with Crippen molar-refractivity contribution in [3.63, 3.8) is 0 Å². The number of guanidine groups is 1. The lowest BCUT2D eigenvalue weighted by atomic mass is 10.1. The van der Waals surface area contributed by atoms with Gasteiger partial charge in [0.1, 0.15) is 0 Å². The number of carbonyl (C=O) groups is 2. The molecule has 1 fully saturated rings. The molecule has 4 rings (SSSR count). The SMILES string of the molecule is CCN1C(C)=CN2C1=NC1C2C(=O)N(Cc2cccc(Cl)c2)C(=O)N1C. The van der Waals surface area contributed by atoms with Gasteiger partial charge in [0, 0.05) is 30.5 Å². The van der Waals surface area contributed by atoms with Crippen molar-refractivity contribution in [2.75, 3.05) is 13.6 Å². The molecule has 8 heteroatoms. The lowest BCUT2D eigenvalue weighted by Gasteiger charge is -2.40. The minimum Gasteiger partial charge on any atom is -0.315 e. The molecule has 3 amide bonds. The van der Waals surface area contributed by atoms with E-state index >= 15 is 0 Å². The summed E-state index contributed by atoms with van der Waals surface area (Å²) in [6.45, 7) is 4.98. The third-order valence-electron chi connectivity index (χ3n) is 5.05. The van der Waals surface area contributed by atoms with E-state index in [1.165, 1.54) is 4.90 Å². The number of amides is 3. The second-order valence-corrected chi connectivity index (χ2v) is 7.09. The molecule has 0 spiro atoms. The average molecular weight is 374 g/mol. The van der Waals surface area contributed by atoms with Crippen LogP contribution in [0.2, 0.25) is 5.02 Å². The standard InChI is InChI=1S/C18H20ClN5O2/c1-4-22-11(2)9-23-14-15(20-17(22)23)21(3)18(26)24(16(14)25)10-12-6-5-7-13(19)8-12/h5-9,14-15H,4,10H2,1-3H3. The Morgan fingerprint density at radius 2 is 2.00 bits per heavy atom. The van der Waals surface area contributed by atoms with Gasteiger partial charge in [-0.05, 0) is 31.5 Å². The number of hydrogen-bond acceptors (Lipinski definition) is 5. The molecule has 1 aromatic rings. The second kappa shape index (κ2) is 6.02. The van der Waals surface area contributed by atoms with Gasteiger partial charge in [-0.2, -0.15) is 0 Å². The highest BCUT2D eigenvalue weighted by Gasteiger charge is 2.53. The molecule has 26 heavy (non-hydrogen) atoms. The Morgan fingerprint density at radius 1 is 1.23 bits per heavy atom. The number of nitrogens with zero attached hydrogens (tertiary/aromatic N) is 5. The van der Waals surface area contributed by atoms with Gasteiger partial charge >= 0.3 is 6.03 Å². The van der Waals surface area contributed by atoms with E-state index in [0.29, 0.717) is 5.02 Å². The van der Waals surface area contributed by atoms with Gasteiger partial charge in [0.2, 0.25) is 5.96 Å².